The summed E-state index contributed by atoms with van der Waals surface area (Å²) >= 11 is 0. The van der Waals surface area contributed by atoms with Crippen LogP contribution >= 0.6 is 0 Å². The molecule has 2 aliphatic rings. The largest absolute Gasteiger partial charge is 0.480 e. The first-order valence-corrected chi connectivity index (χ1v) is 9.50. The number of H-pyrrole nitrogens is 1. The molecule has 1 aromatic carbocycles. The molecule has 2 N–H and O–H groups in total. The van der Waals surface area contributed by atoms with Gasteiger partial charge in [0.1, 0.15) is 5.71 Å². The molecule has 4 rings (SSSR count). The van der Waals surface area contributed by atoms with E-state index in [1.807, 2.05) is 24.3 Å². The Hall–Kier alpha value is -3.02. The topological polar surface area (TPSA) is 95.4 Å². The Balaban J connectivity index is 1.80. The van der Waals surface area contributed by atoms with Crippen molar-refractivity contribution in [3.63, 3.8) is 0 Å². The van der Waals surface area contributed by atoms with Crippen LogP contribution in [0.2, 0.25) is 0 Å². The van der Waals surface area contributed by atoms with Crippen molar-refractivity contribution in [2.75, 3.05) is 0 Å². The van der Waals surface area contributed by atoms with Gasteiger partial charge in [0.05, 0.1) is 12.0 Å². The Morgan fingerprint density at radius 2 is 2.04 bits per heavy atom. The normalized spacial score (nSPS) is 20.6. The van der Waals surface area contributed by atoms with Crippen LogP contribution in [0.4, 0.5) is 0 Å². The Bertz CT molecular complexity index is 1000. The van der Waals surface area contributed by atoms with Crippen LogP contribution in [0.1, 0.15) is 49.9 Å². The van der Waals surface area contributed by atoms with Gasteiger partial charge in [0.25, 0.3) is 0 Å². The number of allylic oxidation sites excluding steroid dienone is 2. The molecule has 0 radical (unpaired) electrons. The van der Waals surface area contributed by atoms with Crippen LogP contribution in [0.5, 0.6) is 0 Å². The quantitative estimate of drug-likeness (QED) is 0.853. The van der Waals surface area contributed by atoms with Gasteiger partial charge in [-0.25, -0.2) is 9.78 Å². The van der Waals surface area contributed by atoms with Crippen LogP contribution < -0.4 is 0 Å². The van der Waals surface area contributed by atoms with Crippen molar-refractivity contribution >= 4 is 23.0 Å². The number of aromatic amines is 1. The van der Waals surface area contributed by atoms with E-state index in [0.29, 0.717) is 12.1 Å². The summed E-state index contributed by atoms with van der Waals surface area (Å²) in [7, 11) is 0. The number of benzene rings is 1. The molecular formula is C22H23N3O3. The van der Waals surface area contributed by atoms with Gasteiger partial charge in [-0.15, -0.1) is 0 Å². The maximum Gasteiger partial charge on any atom is 0.328 e. The van der Waals surface area contributed by atoms with Crippen molar-refractivity contribution in [3.05, 3.63) is 59.2 Å². The summed E-state index contributed by atoms with van der Waals surface area (Å²) < 4.78 is 0. The second-order valence-electron chi connectivity index (χ2n) is 8.27. The van der Waals surface area contributed by atoms with Gasteiger partial charge in [0.2, 0.25) is 5.78 Å². The minimum atomic E-state index is -1.06. The molecule has 6 nitrogen and oxygen atoms in total. The number of Topliss-reactive ketones (excluding diaryl/α,β-unsaturated/α-hetero) is 1. The van der Waals surface area contributed by atoms with Gasteiger partial charge in [-0.3, -0.25) is 9.79 Å². The second kappa shape index (κ2) is 6.86. The zero-order valence-electron chi connectivity index (χ0n) is 16.0. The number of carboxylic acid groups (broad SMARTS) is 1. The smallest absolute Gasteiger partial charge is 0.328 e. The van der Waals surface area contributed by atoms with Crippen molar-refractivity contribution in [1.82, 2.24) is 9.97 Å². The van der Waals surface area contributed by atoms with Crippen molar-refractivity contribution in [1.29, 1.82) is 0 Å². The van der Waals surface area contributed by atoms with Crippen LogP contribution in [0, 0.1) is 5.41 Å². The van der Waals surface area contributed by atoms with E-state index in [1.165, 1.54) is 6.33 Å². The number of carbonyl (C=O) groups is 2. The zero-order valence-corrected chi connectivity index (χ0v) is 16.0. The fraction of sp³-hybridized carbons (Fsp3) is 0.364. The number of imidazole rings is 1. The molecule has 0 aliphatic heterocycles. The van der Waals surface area contributed by atoms with Crippen LogP contribution in [-0.4, -0.2) is 38.6 Å². The first-order valence-electron chi connectivity index (χ1n) is 9.50. The summed E-state index contributed by atoms with van der Waals surface area (Å²) in [5.41, 5.74) is 4.63. The highest BCUT2D eigenvalue weighted by molar-refractivity contribution is 6.54. The maximum atomic E-state index is 13.3. The van der Waals surface area contributed by atoms with Gasteiger partial charge in [-0.1, -0.05) is 38.1 Å². The predicted octanol–water partition coefficient (Wildman–Crippen LogP) is 3.44. The molecule has 0 fully saturated rings. The highest BCUT2D eigenvalue weighted by Gasteiger charge is 2.37. The summed E-state index contributed by atoms with van der Waals surface area (Å²) in [4.78, 5) is 36.5. The molecule has 0 unspecified atom stereocenters. The van der Waals surface area contributed by atoms with Crippen LogP contribution in [-0.2, 0) is 16.0 Å². The molecule has 0 spiro atoms. The molecule has 0 saturated carbocycles. The van der Waals surface area contributed by atoms with E-state index in [2.05, 4.69) is 28.8 Å². The second-order valence-corrected chi connectivity index (χ2v) is 8.27. The van der Waals surface area contributed by atoms with E-state index in [-0.39, 0.29) is 23.3 Å². The van der Waals surface area contributed by atoms with E-state index in [9.17, 15) is 14.7 Å². The highest BCUT2D eigenvalue weighted by Crippen LogP contribution is 2.46. The SMILES string of the molecule is CC1(C)CCC2=C(C1)c1ccccc1/C(=N/[C@@H](Cc1c[nH]cn1)C(=O)O)C2=O. The van der Waals surface area contributed by atoms with E-state index < -0.39 is 12.0 Å². The Morgan fingerprint density at radius 3 is 2.71 bits per heavy atom. The summed E-state index contributed by atoms with van der Waals surface area (Å²) in [6.07, 6.45) is 5.76. The number of hydrogen-bond acceptors (Lipinski definition) is 4. The van der Waals surface area contributed by atoms with Crippen LogP contribution in [0.15, 0.2) is 47.4 Å². The highest BCUT2D eigenvalue weighted by atomic mass is 16.4. The molecule has 144 valence electrons. The summed E-state index contributed by atoms with van der Waals surface area (Å²) in [6, 6.07) is 6.64. The van der Waals surface area contributed by atoms with E-state index >= 15 is 0 Å². The number of ketones is 1. The lowest BCUT2D eigenvalue weighted by atomic mass is 9.68. The van der Waals surface area contributed by atoms with Crippen molar-refractivity contribution in [2.24, 2.45) is 10.4 Å². The molecule has 2 aromatic rings. The lowest BCUT2D eigenvalue weighted by molar-refractivity contribution is -0.138. The average molecular weight is 377 g/mol. The maximum absolute atomic E-state index is 13.3. The van der Waals surface area contributed by atoms with Gasteiger partial charge in [-0.2, -0.15) is 0 Å². The summed E-state index contributed by atoms with van der Waals surface area (Å²) in [6.45, 7) is 4.44. The zero-order chi connectivity index (χ0) is 19.9. The first kappa shape index (κ1) is 18.3. The molecule has 1 aromatic heterocycles. The Kier molecular flexibility index (Phi) is 4.49. The van der Waals surface area contributed by atoms with Gasteiger partial charge in [0, 0.05) is 23.8 Å². The monoisotopic (exact) mass is 377 g/mol. The standard InChI is InChI=1S/C22H23N3O3/c1-22(2)8-7-16-17(10-22)14-5-3-4-6-15(14)19(20(16)26)25-18(21(27)28)9-13-11-23-12-24-13/h3-6,11-12,18H,7-10H2,1-2H3,(H,23,24)(H,27,28)/b25-19-/t18-/m0/s1. The van der Waals surface area contributed by atoms with E-state index in [1.54, 1.807) is 6.20 Å². The number of aliphatic carboxylic acids is 1. The third-order valence-electron chi connectivity index (χ3n) is 5.60. The van der Waals surface area contributed by atoms with E-state index in [4.69, 9.17) is 0 Å². The van der Waals surface area contributed by atoms with Crippen LogP contribution in [0.25, 0.3) is 5.57 Å². The number of hydrogen-bond donors (Lipinski definition) is 2. The number of aliphatic imine (C=N–C) groups is 1. The average Bonchev–Trinajstić information content (AvgIpc) is 3.16. The molecule has 0 amide bonds. The van der Waals surface area contributed by atoms with Crippen molar-refractivity contribution < 1.29 is 14.7 Å². The molecule has 1 heterocycles. The molecular weight excluding hydrogens is 354 g/mol. The molecule has 0 saturated heterocycles. The van der Waals surface area contributed by atoms with Gasteiger partial charge in [-0.05, 0) is 35.8 Å². The molecule has 6 heteroatoms. The Morgan fingerprint density at radius 1 is 1.29 bits per heavy atom. The van der Waals surface area contributed by atoms with E-state index in [0.717, 1.165) is 35.1 Å². The number of rotatable bonds is 4. The lowest BCUT2D eigenvalue weighted by Gasteiger charge is -2.36. The molecule has 1 atom stereocenters. The number of aromatic nitrogens is 2. The minimum absolute atomic E-state index is 0.127. The van der Waals surface area contributed by atoms with Gasteiger partial charge in [0.15, 0.2) is 6.04 Å². The fourth-order valence-corrected chi connectivity index (χ4v) is 4.09. The third kappa shape index (κ3) is 3.30. The number of nitrogens with zero attached hydrogens (tertiary/aromatic N) is 2. The first-order chi connectivity index (χ1) is 13.4. The molecule has 0 bridgehead atoms. The number of fused-ring (bicyclic) bond motifs is 2. The number of carboxylic acids is 1. The third-order valence-corrected chi connectivity index (χ3v) is 5.60. The lowest BCUT2D eigenvalue weighted by Crippen LogP contribution is -2.33. The Labute approximate surface area is 163 Å². The summed E-state index contributed by atoms with van der Waals surface area (Å²) in [5, 5.41) is 9.67. The number of carbonyl (C=O) groups excluding carboxylic acids is 1. The van der Waals surface area contributed by atoms with Crippen LogP contribution in [0.3, 0.4) is 0 Å². The van der Waals surface area contributed by atoms with Gasteiger partial charge >= 0.3 is 5.97 Å². The fourth-order valence-electron chi connectivity index (χ4n) is 4.09. The van der Waals surface area contributed by atoms with Crippen molar-refractivity contribution in [2.45, 2.75) is 45.6 Å². The van der Waals surface area contributed by atoms with Crippen molar-refractivity contribution in [3.8, 4) is 0 Å². The molecule has 28 heavy (non-hydrogen) atoms. The summed E-state index contributed by atoms with van der Waals surface area (Å²) in [5.74, 6) is -1.19. The molecule has 2 aliphatic carbocycles. The van der Waals surface area contributed by atoms with Gasteiger partial charge < -0.3 is 10.1 Å². The predicted molar refractivity (Wildman–Crippen MR) is 106 cm³/mol. The number of nitrogens with one attached hydrogen (secondary N) is 1. The minimum Gasteiger partial charge on any atom is -0.480 e.